The smallest absolute Gasteiger partial charge is 0.367 e. The van der Waals surface area contributed by atoms with Gasteiger partial charge >= 0.3 is 18.5 Å². The summed E-state index contributed by atoms with van der Waals surface area (Å²) in [5.41, 5.74) is -3.71. The Morgan fingerprint density at radius 1 is 0.951 bits per heavy atom. The van der Waals surface area contributed by atoms with Crippen molar-refractivity contribution in [3.05, 3.63) is 73.7 Å². The van der Waals surface area contributed by atoms with Crippen LogP contribution < -0.4 is 5.32 Å². The van der Waals surface area contributed by atoms with Crippen LogP contribution in [0.25, 0.3) is 5.83 Å². The molecule has 0 radical (unpaired) electrons. The first-order chi connectivity index (χ1) is 18.5. The van der Waals surface area contributed by atoms with E-state index < -0.39 is 70.1 Å². The second kappa shape index (κ2) is 13.2. The minimum Gasteiger partial charge on any atom is -0.367 e. The standard InChI is InChI=1S/C24H17Cl3F10N2S2/c1-10(21(41)39(2)9-22(29,30)31)38-20(40)13-4-3-11(5-15(13)24(35,36)37)18(28)8-14(23(32,33)34)12-6-16(25)19(27)17(26)7-12/h3-8,10,14H,9H2,1-2H3,(H,38,40)/b18-8-. The molecule has 0 aromatic heterocycles. The first-order valence-electron chi connectivity index (χ1n) is 11.0. The third-order valence-electron chi connectivity index (χ3n) is 5.39. The highest BCUT2D eigenvalue weighted by atomic mass is 35.5. The minimum atomic E-state index is -5.16. The Morgan fingerprint density at radius 2 is 1.49 bits per heavy atom. The van der Waals surface area contributed by atoms with Crippen LogP contribution in [-0.4, -0.2) is 46.9 Å². The van der Waals surface area contributed by atoms with Crippen LogP contribution in [0.15, 0.2) is 36.4 Å². The molecule has 2 nitrogen and oxygen atoms in total. The Hall–Kier alpha value is -1.87. The normalized spacial score (nSPS) is 14.5. The number of hydrogen-bond donors (Lipinski definition) is 1. The van der Waals surface area contributed by atoms with Gasteiger partial charge < -0.3 is 10.2 Å². The van der Waals surface area contributed by atoms with Crippen LogP contribution in [0.3, 0.4) is 0 Å². The largest absolute Gasteiger partial charge is 0.417 e. The van der Waals surface area contributed by atoms with E-state index in [2.05, 4.69) is 5.32 Å². The molecule has 2 aromatic carbocycles. The first kappa shape index (κ1) is 35.3. The molecular weight excluding hydrogens is 677 g/mol. The van der Waals surface area contributed by atoms with E-state index in [9.17, 15) is 39.5 Å². The molecule has 1 N–H and O–H groups in total. The highest BCUT2D eigenvalue weighted by molar-refractivity contribution is 7.81. The van der Waals surface area contributed by atoms with Crippen molar-refractivity contribution in [2.75, 3.05) is 13.6 Å². The van der Waals surface area contributed by atoms with E-state index in [4.69, 9.17) is 59.2 Å². The minimum absolute atomic E-state index is 0.0542. The van der Waals surface area contributed by atoms with Gasteiger partial charge in [0.1, 0.15) is 28.3 Å². The summed E-state index contributed by atoms with van der Waals surface area (Å²) in [6.45, 7) is -0.163. The molecule has 0 saturated carbocycles. The molecule has 0 bridgehead atoms. The Labute approximate surface area is 253 Å². The molecule has 2 aromatic rings. The van der Waals surface area contributed by atoms with E-state index in [1.54, 1.807) is 0 Å². The van der Waals surface area contributed by atoms with Crippen molar-refractivity contribution >= 4 is 75.0 Å². The molecule has 0 spiro atoms. The van der Waals surface area contributed by atoms with Crippen molar-refractivity contribution in [3.8, 4) is 0 Å². The number of rotatable bonds is 7. The monoisotopic (exact) mass is 692 g/mol. The number of benzene rings is 2. The van der Waals surface area contributed by atoms with Gasteiger partial charge in [-0.1, -0.05) is 71.4 Å². The molecule has 0 heterocycles. The molecule has 2 rings (SSSR count). The average molecular weight is 694 g/mol. The Bertz CT molecular complexity index is 1320. The van der Waals surface area contributed by atoms with Crippen LogP contribution in [0.4, 0.5) is 43.9 Å². The molecule has 17 heteroatoms. The lowest BCUT2D eigenvalue weighted by Crippen LogP contribution is -2.47. The summed E-state index contributed by atoms with van der Waals surface area (Å²) in [4.78, 5) is -0.256. The number of hydrogen-bond acceptors (Lipinski definition) is 2. The number of allylic oxidation sites excluding steroid dienone is 1. The quantitative estimate of drug-likeness (QED) is 0.176. The highest BCUT2D eigenvalue weighted by Crippen LogP contribution is 2.43. The molecule has 226 valence electrons. The van der Waals surface area contributed by atoms with E-state index in [0.717, 1.165) is 25.2 Å². The zero-order chi connectivity index (χ0) is 31.7. The third kappa shape index (κ3) is 9.57. The van der Waals surface area contributed by atoms with Crippen LogP contribution in [0, 0.1) is 0 Å². The topological polar surface area (TPSA) is 15.3 Å². The van der Waals surface area contributed by atoms with Crippen LogP contribution >= 0.6 is 59.2 Å². The Balaban J connectivity index is 2.47. The predicted octanol–water partition coefficient (Wildman–Crippen LogP) is 9.80. The number of likely N-dealkylation sites (N-methyl/N-ethyl adjacent to an activating group) is 1. The fourth-order valence-corrected chi connectivity index (χ4v) is 4.61. The van der Waals surface area contributed by atoms with Crippen LogP contribution in [-0.2, 0) is 6.18 Å². The summed E-state index contributed by atoms with van der Waals surface area (Å²) in [7, 11) is 1.03. The number of thiocarbonyl (C=S) groups is 2. The van der Waals surface area contributed by atoms with E-state index in [0.29, 0.717) is 11.0 Å². The summed E-state index contributed by atoms with van der Waals surface area (Å²) >= 11 is 27.2. The van der Waals surface area contributed by atoms with Gasteiger partial charge in [0, 0.05) is 18.2 Å². The lowest BCUT2D eigenvalue weighted by atomic mass is 9.95. The van der Waals surface area contributed by atoms with E-state index in [1.165, 1.54) is 6.92 Å². The SMILES string of the molecule is CC(NC(=S)c1ccc(/C(F)=C/C(c2cc(Cl)c(Cl)c(Cl)c2)C(F)(F)F)cc1C(F)(F)F)C(=S)N(C)CC(F)(F)F. The number of nitrogens with one attached hydrogen (secondary N) is 1. The van der Waals surface area contributed by atoms with Gasteiger partial charge in [0.05, 0.1) is 26.7 Å². The maximum absolute atomic E-state index is 15.1. The molecule has 0 aliphatic carbocycles. The van der Waals surface area contributed by atoms with Crippen LogP contribution in [0.2, 0.25) is 15.1 Å². The average Bonchev–Trinajstić information content (AvgIpc) is 2.82. The van der Waals surface area contributed by atoms with Gasteiger partial charge in [-0.05, 0) is 36.8 Å². The number of halogens is 13. The van der Waals surface area contributed by atoms with Crippen molar-refractivity contribution < 1.29 is 43.9 Å². The van der Waals surface area contributed by atoms with Gasteiger partial charge in [-0.25, -0.2) is 4.39 Å². The van der Waals surface area contributed by atoms with Crippen molar-refractivity contribution in [2.24, 2.45) is 0 Å². The van der Waals surface area contributed by atoms with Crippen molar-refractivity contribution in [2.45, 2.75) is 37.4 Å². The molecule has 0 aliphatic rings. The lowest BCUT2D eigenvalue weighted by Gasteiger charge is -2.27. The molecule has 0 saturated heterocycles. The second-order valence-corrected chi connectivity index (χ2v) is 10.6. The summed E-state index contributed by atoms with van der Waals surface area (Å²) in [5, 5.41) is 1.43. The maximum atomic E-state index is 15.1. The van der Waals surface area contributed by atoms with Gasteiger partial charge in [0.2, 0.25) is 0 Å². The number of alkyl halides is 9. The van der Waals surface area contributed by atoms with Gasteiger partial charge in [0.15, 0.2) is 0 Å². The number of nitrogens with zero attached hydrogens (tertiary/aromatic N) is 1. The summed E-state index contributed by atoms with van der Waals surface area (Å²) in [6.07, 6.45) is -14.8. The van der Waals surface area contributed by atoms with E-state index in [1.807, 2.05) is 0 Å². The predicted molar refractivity (Wildman–Crippen MR) is 146 cm³/mol. The molecule has 0 aliphatic heterocycles. The zero-order valence-corrected chi connectivity index (χ0v) is 24.4. The van der Waals surface area contributed by atoms with Crippen molar-refractivity contribution in [1.29, 1.82) is 0 Å². The fraction of sp³-hybridized carbons (Fsp3) is 0.333. The van der Waals surface area contributed by atoms with E-state index >= 15 is 4.39 Å². The second-order valence-electron chi connectivity index (χ2n) is 8.60. The van der Waals surface area contributed by atoms with E-state index in [-0.39, 0.29) is 32.2 Å². The van der Waals surface area contributed by atoms with Crippen molar-refractivity contribution in [3.63, 3.8) is 0 Å². The van der Waals surface area contributed by atoms with Crippen LogP contribution in [0.5, 0.6) is 0 Å². The third-order valence-corrected chi connectivity index (χ3v) is 7.59. The zero-order valence-electron chi connectivity index (χ0n) is 20.5. The van der Waals surface area contributed by atoms with Crippen molar-refractivity contribution in [1.82, 2.24) is 10.2 Å². The highest BCUT2D eigenvalue weighted by Gasteiger charge is 2.41. The van der Waals surface area contributed by atoms with Crippen LogP contribution in [0.1, 0.15) is 35.1 Å². The Kier molecular flexibility index (Phi) is 11.4. The molecule has 2 unspecified atom stereocenters. The molecule has 0 amide bonds. The molecule has 0 fully saturated rings. The Morgan fingerprint density at radius 3 is 1.95 bits per heavy atom. The fourth-order valence-electron chi connectivity index (χ4n) is 3.52. The van der Waals surface area contributed by atoms with Gasteiger partial charge in [-0.3, -0.25) is 0 Å². The summed E-state index contributed by atoms with van der Waals surface area (Å²) in [5.74, 6) is -4.32. The molecule has 2 atom stereocenters. The van der Waals surface area contributed by atoms with Gasteiger partial charge in [-0.15, -0.1) is 0 Å². The summed E-state index contributed by atoms with van der Waals surface area (Å²) in [6, 6.07) is 2.19. The summed E-state index contributed by atoms with van der Waals surface area (Å²) < 4.78 is 136. The molecule has 41 heavy (non-hydrogen) atoms. The van der Waals surface area contributed by atoms with Gasteiger partial charge in [0.25, 0.3) is 0 Å². The van der Waals surface area contributed by atoms with Gasteiger partial charge in [-0.2, -0.15) is 39.5 Å². The maximum Gasteiger partial charge on any atom is 0.417 e. The lowest BCUT2D eigenvalue weighted by molar-refractivity contribution is -0.140. The first-order valence-corrected chi connectivity index (χ1v) is 12.9. The molecular formula is C24H17Cl3F10N2S2.